The minimum atomic E-state index is -3.34. The zero-order chi connectivity index (χ0) is 13.5. The molecule has 0 aliphatic rings. The lowest BCUT2D eigenvalue weighted by Crippen LogP contribution is -2.32. The van der Waals surface area contributed by atoms with Gasteiger partial charge in [-0.25, -0.2) is 12.7 Å². The van der Waals surface area contributed by atoms with Gasteiger partial charge in [-0.3, -0.25) is 4.79 Å². The minimum Gasteiger partial charge on any atom is -0.481 e. The van der Waals surface area contributed by atoms with Gasteiger partial charge in [-0.1, -0.05) is 0 Å². The normalized spacial score (nSPS) is 12.3. The zero-order valence-corrected chi connectivity index (χ0v) is 11.4. The number of aliphatic carboxylic acids is 1. The van der Waals surface area contributed by atoms with Crippen molar-refractivity contribution in [3.8, 4) is 0 Å². The summed E-state index contributed by atoms with van der Waals surface area (Å²) in [5.74, 6) is -0.992. The van der Waals surface area contributed by atoms with Crippen LogP contribution >= 0.6 is 0 Å². The van der Waals surface area contributed by atoms with Crippen molar-refractivity contribution in [3.63, 3.8) is 0 Å². The fourth-order valence-electron chi connectivity index (χ4n) is 1.14. The van der Waals surface area contributed by atoms with Crippen LogP contribution in [0.2, 0.25) is 0 Å². The number of carbonyl (C=O) groups is 1. The van der Waals surface area contributed by atoms with E-state index in [4.69, 9.17) is 9.84 Å². The molecule has 0 saturated carbocycles. The smallest absolute Gasteiger partial charge is 0.303 e. The molecule has 0 aliphatic carbocycles. The van der Waals surface area contributed by atoms with E-state index in [9.17, 15) is 13.2 Å². The van der Waals surface area contributed by atoms with Crippen molar-refractivity contribution in [2.45, 2.75) is 32.8 Å². The summed E-state index contributed by atoms with van der Waals surface area (Å²) >= 11 is 0. The molecule has 102 valence electrons. The van der Waals surface area contributed by atoms with Crippen molar-refractivity contribution >= 4 is 16.0 Å². The van der Waals surface area contributed by atoms with E-state index in [1.807, 2.05) is 13.8 Å². The first-order valence-electron chi connectivity index (χ1n) is 5.53. The quantitative estimate of drug-likeness (QED) is 0.659. The second kappa shape index (κ2) is 7.62. The molecule has 0 spiro atoms. The topological polar surface area (TPSA) is 83.9 Å². The summed E-state index contributed by atoms with van der Waals surface area (Å²) in [6.45, 7) is 4.05. The molecule has 0 rings (SSSR count). The molecule has 0 amide bonds. The van der Waals surface area contributed by atoms with Crippen molar-refractivity contribution in [2.24, 2.45) is 0 Å². The lowest BCUT2D eigenvalue weighted by molar-refractivity contribution is -0.137. The molecule has 0 aromatic heterocycles. The lowest BCUT2D eigenvalue weighted by atomic mass is 10.3. The predicted molar refractivity (Wildman–Crippen MR) is 64.4 cm³/mol. The summed E-state index contributed by atoms with van der Waals surface area (Å²) in [6.07, 6.45) is 0.292. The van der Waals surface area contributed by atoms with E-state index in [0.29, 0.717) is 6.42 Å². The van der Waals surface area contributed by atoms with Crippen LogP contribution in [0.1, 0.15) is 26.7 Å². The van der Waals surface area contributed by atoms with E-state index in [-0.39, 0.29) is 31.4 Å². The van der Waals surface area contributed by atoms with Gasteiger partial charge in [-0.15, -0.1) is 0 Å². The standard InChI is InChI=1S/C10H21NO5S/c1-9(2)16-7-8-17(14,15)11(3)6-4-5-10(12)13/h9H,4-8H2,1-3H3,(H,12,13). The highest BCUT2D eigenvalue weighted by atomic mass is 32.2. The number of rotatable bonds is 9. The molecule has 17 heavy (non-hydrogen) atoms. The number of sulfonamides is 1. The van der Waals surface area contributed by atoms with Crippen molar-refractivity contribution in [1.82, 2.24) is 4.31 Å². The van der Waals surface area contributed by atoms with Crippen molar-refractivity contribution in [2.75, 3.05) is 26.0 Å². The monoisotopic (exact) mass is 267 g/mol. The predicted octanol–water partition coefficient (Wildman–Crippen LogP) is 0.538. The molecule has 0 aromatic rings. The molecule has 0 radical (unpaired) electrons. The third-order valence-corrected chi connectivity index (χ3v) is 3.95. The lowest BCUT2D eigenvalue weighted by Gasteiger charge is -2.17. The number of nitrogens with zero attached hydrogens (tertiary/aromatic N) is 1. The Balaban J connectivity index is 3.99. The number of hydrogen-bond donors (Lipinski definition) is 1. The largest absolute Gasteiger partial charge is 0.481 e. The van der Waals surface area contributed by atoms with Crippen molar-refractivity contribution in [3.05, 3.63) is 0 Å². The van der Waals surface area contributed by atoms with E-state index in [1.165, 1.54) is 11.4 Å². The van der Waals surface area contributed by atoms with Crippen LogP contribution in [0, 0.1) is 0 Å². The minimum absolute atomic E-state index is 0.00233. The fourth-order valence-corrected chi connectivity index (χ4v) is 2.16. The van der Waals surface area contributed by atoms with Crippen molar-refractivity contribution < 1.29 is 23.1 Å². The molecule has 0 fully saturated rings. The van der Waals surface area contributed by atoms with E-state index in [1.54, 1.807) is 0 Å². The van der Waals surface area contributed by atoms with Crippen LogP contribution in [0.15, 0.2) is 0 Å². The fraction of sp³-hybridized carbons (Fsp3) is 0.900. The first-order chi connectivity index (χ1) is 7.75. The number of ether oxygens (including phenoxy) is 1. The molecular formula is C10H21NO5S. The van der Waals surface area contributed by atoms with E-state index in [0.717, 1.165) is 0 Å². The maximum absolute atomic E-state index is 11.7. The summed E-state index contributed by atoms with van der Waals surface area (Å²) in [7, 11) is -1.89. The summed E-state index contributed by atoms with van der Waals surface area (Å²) in [5.41, 5.74) is 0. The van der Waals surface area contributed by atoms with Gasteiger partial charge in [0.1, 0.15) is 0 Å². The number of carboxylic acid groups (broad SMARTS) is 1. The Kier molecular flexibility index (Phi) is 7.33. The molecule has 0 aliphatic heterocycles. The van der Waals surface area contributed by atoms with Crippen molar-refractivity contribution in [1.29, 1.82) is 0 Å². The highest BCUT2D eigenvalue weighted by Gasteiger charge is 2.17. The Labute approximate surface area is 103 Å². The summed E-state index contributed by atoms with van der Waals surface area (Å²) in [6, 6.07) is 0. The van der Waals surface area contributed by atoms with Gasteiger partial charge < -0.3 is 9.84 Å². The Morgan fingerprint density at radius 1 is 1.41 bits per heavy atom. The average molecular weight is 267 g/mol. The first kappa shape index (κ1) is 16.3. The maximum atomic E-state index is 11.7. The average Bonchev–Trinajstić information content (AvgIpc) is 2.15. The zero-order valence-electron chi connectivity index (χ0n) is 10.5. The van der Waals surface area contributed by atoms with Crippen LogP contribution in [0.5, 0.6) is 0 Å². The van der Waals surface area contributed by atoms with E-state index < -0.39 is 16.0 Å². The van der Waals surface area contributed by atoms with Gasteiger partial charge in [-0.05, 0) is 20.3 Å². The van der Waals surface area contributed by atoms with E-state index in [2.05, 4.69) is 0 Å². The summed E-state index contributed by atoms with van der Waals surface area (Å²) < 4.78 is 29.7. The van der Waals surface area contributed by atoms with Gasteiger partial charge in [0.15, 0.2) is 0 Å². The van der Waals surface area contributed by atoms with Crippen LogP contribution < -0.4 is 0 Å². The second-order valence-corrected chi connectivity index (χ2v) is 6.25. The Bertz CT molecular complexity index is 326. The van der Waals surface area contributed by atoms with Crippen LogP contribution in [0.4, 0.5) is 0 Å². The van der Waals surface area contributed by atoms with Crippen LogP contribution in [-0.4, -0.2) is 55.9 Å². The SMILES string of the molecule is CC(C)OCCS(=O)(=O)N(C)CCCC(=O)O. The van der Waals surface area contributed by atoms with Gasteiger partial charge in [0.25, 0.3) is 0 Å². The van der Waals surface area contributed by atoms with Gasteiger partial charge in [-0.2, -0.15) is 0 Å². The third kappa shape index (κ3) is 8.12. The van der Waals surface area contributed by atoms with Gasteiger partial charge in [0.05, 0.1) is 18.5 Å². The van der Waals surface area contributed by atoms with Gasteiger partial charge in [0.2, 0.25) is 10.0 Å². The molecule has 0 aromatic carbocycles. The Morgan fingerprint density at radius 3 is 2.47 bits per heavy atom. The molecule has 7 heteroatoms. The second-order valence-electron chi connectivity index (χ2n) is 4.05. The molecule has 0 saturated heterocycles. The first-order valence-corrected chi connectivity index (χ1v) is 7.14. The van der Waals surface area contributed by atoms with Gasteiger partial charge >= 0.3 is 5.97 Å². The summed E-state index contributed by atoms with van der Waals surface area (Å²) in [4.78, 5) is 10.3. The Morgan fingerprint density at radius 2 is 2.00 bits per heavy atom. The molecule has 0 unspecified atom stereocenters. The molecule has 0 heterocycles. The van der Waals surface area contributed by atoms with Crippen LogP contribution in [0.3, 0.4) is 0 Å². The van der Waals surface area contributed by atoms with Crippen LogP contribution in [0.25, 0.3) is 0 Å². The number of carboxylic acids is 1. The highest BCUT2D eigenvalue weighted by molar-refractivity contribution is 7.89. The van der Waals surface area contributed by atoms with Crippen LogP contribution in [-0.2, 0) is 19.6 Å². The summed E-state index contributed by atoms with van der Waals surface area (Å²) in [5, 5.41) is 8.44. The molecule has 1 N–H and O–H groups in total. The number of hydrogen-bond acceptors (Lipinski definition) is 4. The third-order valence-electron chi connectivity index (χ3n) is 2.13. The molecule has 0 bridgehead atoms. The maximum Gasteiger partial charge on any atom is 0.303 e. The molecule has 6 nitrogen and oxygen atoms in total. The Hall–Kier alpha value is -0.660. The van der Waals surface area contributed by atoms with Gasteiger partial charge in [0, 0.05) is 20.0 Å². The molecular weight excluding hydrogens is 246 g/mol. The highest BCUT2D eigenvalue weighted by Crippen LogP contribution is 2.02. The molecule has 0 atom stereocenters. The van der Waals surface area contributed by atoms with E-state index >= 15 is 0 Å².